The minimum absolute atomic E-state index is 0.00382. The molecule has 6 nitrogen and oxygen atoms in total. The van der Waals surface area contributed by atoms with Crippen LogP contribution in [-0.2, 0) is 4.74 Å². The van der Waals surface area contributed by atoms with Crippen molar-refractivity contribution in [2.45, 2.75) is 0 Å². The molecule has 1 aromatic heterocycles. The summed E-state index contributed by atoms with van der Waals surface area (Å²) >= 11 is 0. The molecular formula is C10H14N4O2. The van der Waals surface area contributed by atoms with E-state index in [1.807, 2.05) is 6.07 Å². The third kappa shape index (κ3) is 3.46. The van der Waals surface area contributed by atoms with Gasteiger partial charge < -0.3 is 14.7 Å². The average molecular weight is 222 g/mol. The Morgan fingerprint density at radius 2 is 2.38 bits per heavy atom. The molecule has 0 radical (unpaired) electrons. The minimum Gasteiger partial charge on any atom is -0.395 e. The SMILES string of the molecule is COCCN(CCO)c1nccc(C#N)n1. The van der Waals surface area contributed by atoms with Crippen LogP contribution in [-0.4, -0.2) is 48.5 Å². The number of nitrogens with zero attached hydrogens (tertiary/aromatic N) is 4. The first-order valence-corrected chi connectivity index (χ1v) is 4.89. The van der Waals surface area contributed by atoms with Crippen LogP contribution in [0.5, 0.6) is 0 Å². The summed E-state index contributed by atoms with van der Waals surface area (Å²) in [6, 6.07) is 3.49. The number of aromatic nitrogens is 2. The second-order valence-corrected chi connectivity index (χ2v) is 3.06. The Labute approximate surface area is 94.1 Å². The lowest BCUT2D eigenvalue weighted by Crippen LogP contribution is -2.31. The zero-order chi connectivity index (χ0) is 11.8. The van der Waals surface area contributed by atoms with Crippen molar-refractivity contribution in [1.82, 2.24) is 9.97 Å². The standard InChI is InChI=1S/C10H14N4O2/c1-16-7-5-14(4-6-15)10-12-3-2-9(8-11)13-10/h2-3,15H,4-7H2,1H3. The number of anilines is 1. The van der Waals surface area contributed by atoms with Crippen LogP contribution in [0.15, 0.2) is 12.3 Å². The highest BCUT2D eigenvalue weighted by atomic mass is 16.5. The molecule has 0 bridgehead atoms. The highest BCUT2D eigenvalue weighted by Gasteiger charge is 2.09. The van der Waals surface area contributed by atoms with Gasteiger partial charge in [-0.05, 0) is 6.07 Å². The van der Waals surface area contributed by atoms with E-state index in [4.69, 9.17) is 15.1 Å². The van der Waals surface area contributed by atoms with Gasteiger partial charge in [0.1, 0.15) is 11.8 Å². The van der Waals surface area contributed by atoms with Crippen LogP contribution in [0.1, 0.15) is 5.69 Å². The fourth-order valence-electron chi connectivity index (χ4n) is 1.20. The van der Waals surface area contributed by atoms with E-state index in [1.165, 1.54) is 12.3 Å². The zero-order valence-corrected chi connectivity index (χ0v) is 9.13. The number of aliphatic hydroxyl groups excluding tert-OH is 1. The third-order valence-corrected chi connectivity index (χ3v) is 1.98. The van der Waals surface area contributed by atoms with Gasteiger partial charge in [-0.1, -0.05) is 0 Å². The van der Waals surface area contributed by atoms with E-state index < -0.39 is 0 Å². The Hall–Kier alpha value is -1.71. The summed E-state index contributed by atoms with van der Waals surface area (Å²) in [5.41, 5.74) is 0.311. The molecule has 0 aliphatic carbocycles. The second kappa shape index (κ2) is 6.71. The van der Waals surface area contributed by atoms with Crippen molar-refractivity contribution in [2.24, 2.45) is 0 Å². The molecule has 0 saturated carbocycles. The van der Waals surface area contributed by atoms with E-state index in [-0.39, 0.29) is 6.61 Å². The van der Waals surface area contributed by atoms with Crippen LogP contribution in [0.25, 0.3) is 0 Å². The quantitative estimate of drug-likeness (QED) is 0.717. The van der Waals surface area contributed by atoms with E-state index in [2.05, 4.69) is 9.97 Å². The number of methoxy groups -OCH3 is 1. The smallest absolute Gasteiger partial charge is 0.226 e. The molecule has 16 heavy (non-hydrogen) atoms. The molecule has 0 aromatic carbocycles. The number of aliphatic hydroxyl groups is 1. The average Bonchev–Trinajstić information content (AvgIpc) is 2.34. The van der Waals surface area contributed by atoms with Gasteiger partial charge in [0.15, 0.2) is 0 Å². The van der Waals surface area contributed by atoms with Crippen molar-refractivity contribution in [2.75, 3.05) is 38.3 Å². The monoisotopic (exact) mass is 222 g/mol. The van der Waals surface area contributed by atoms with Gasteiger partial charge in [-0.3, -0.25) is 0 Å². The van der Waals surface area contributed by atoms with Crippen molar-refractivity contribution in [3.8, 4) is 6.07 Å². The summed E-state index contributed by atoms with van der Waals surface area (Å²) in [5, 5.41) is 17.6. The lowest BCUT2D eigenvalue weighted by molar-refractivity contribution is 0.202. The summed E-state index contributed by atoms with van der Waals surface area (Å²) in [7, 11) is 1.60. The van der Waals surface area contributed by atoms with Crippen LogP contribution in [0.2, 0.25) is 0 Å². The Bertz CT molecular complexity index is 364. The highest BCUT2D eigenvalue weighted by Crippen LogP contribution is 2.06. The van der Waals surface area contributed by atoms with Gasteiger partial charge in [-0.2, -0.15) is 5.26 Å². The molecule has 0 aliphatic rings. The summed E-state index contributed by atoms with van der Waals surface area (Å²) in [6.07, 6.45) is 1.53. The van der Waals surface area contributed by atoms with Crippen molar-refractivity contribution in [3.05, 3.63) is 18.0 Å². The van der Waals surface area contributed by atoms with Crippen LogP contribution in [0.3, 0.4) is 0 Å². The minimum atomic E-state index is 0.00382. The zero-order valence-electron chi connectivity index (χ0n) is 9.13. The predicted molar refractivity (Wildman–Crippen MR) is 57.9 cm³/mol. The molecule has 86 valence electrons. The summed E-state index contributed by atoms with van der Waals surface area (Å²) in [4.78, 5) is 9.87. The van der Waals surface area contributed by atoms with Crippen LogP contribution >= 0.6 is 0 Å². The van der Waals surface area contributed by atoms with E-state index in [1.54, 1.807) is 12.0 Å². The summed E-state index contributed by atoms with van der Waals surface area (Å²) in [6.45, 7) is 1.51. The molecule has 0 atom stereocenters. The van der Waals surface area contributed by atoms with Gasteiger partial charge in [0, 0.05) is 26.4 Å². The van der Waals surface area contributed by atoms with E-state index in [0.29, 0.717) is 31.3 Å². The molecule has 1 heterocycles. The van der Waals surface area contributed by atoms with Gasteiger partial charge >= 0.3 is 0 Å². The number of ether oxygens (including phenoxy) is 1. The molecule has 0 spiro atoms. The first-order chi connectivity index (χ1) is 7.81. The van der Waals surface area contributed by atoms with Crippen molar-refractivity contribution in [3.63, 3.8) is 0 Å². The molecular weight excluding hydrogens is 208 g/mol. The van der Waals surface area contributed by atoms with Gasteiger partial charge in [0.2, 0.25) is 5.95 Å². The normalized spacial score (nSPS) is 9.81. The topological polar surface area (TPSA) is 82.3 Å². The van der Waals surface area contributed by atoms with Crippen molar-refractivity contribution < 1.29 is 9.84 Å². The lowest BCUT2D eigenvalue weighted by atomic mass is 10.4. The Morgan fingerprint density at radius 3 is 3.00 bits per heavy atom. The lowest BCUT2D eigenvalue weighted by Gasteiger charge is -2.20. The molecule has 0 aliphatic heterocycles. The van der Waals surface area contributed by atoms with Crippen LogP contribution in [0.4, 0.5) is 5.95 Å². The summed E-state index contributed by atoms with van der Waals surface area (Å²) < 4.78 is 4.95. The van der Waals surface area contributed by atoms with Gasteiger partial charge in [0.05, 0.1) is 13.2 Å². The highest BCUT2D eigenvalue weighted by molar-refractivity contribution is 5.33. The van der Waals surface area contributed by atoms with Gasteiger partial charge in [0.25, 0.3) is 0 Å². The van der Waals surface area contributed by atoms with Crippen molar-refractivity contribution >= 4 is 5.95 Å². The maximum absolute atomic E-state index is 8.92. The Morgan fingerprint density at radius 1 is 1.56 bits per heavy atom. The Balaban J connectivity index is 2.79. The number of nitriles is 1. The number of hydrogen-bond donors (Lipinski definition) is 1. The van der Waals surface area contributed by atoms with Crippen molar-refractivity contribution in [1.29, 1.82) is 5.26 Å². The molecule has 0 saturated heterocycles. The molecule has 1 N–H and O–H groups in total. The maximum Gasteiger partial charge on any atom is 0.226 e. The molecule has 0 fully saturated rings. The number of hydrogen-bond acceptors (Lipinski definition) is 6. The Kier molecular flexibility index (Phi) is 5.19. The van der Waals surface area contributed by atoms with Crippen LogP contribution in [0, 0.1) is 11.3 Å². The van der Waals surface area contributed by atoms with Gasteiger partial charge in [-0.15, -0.1) is 0 Å². The molecule has 0 amide bonds. The fourth-order valence-corrected chi connectivity index (χ4v) is 1.20. The molecule has 1 rings (SSSR count). The van der Waals surface area contributed by atoms with E-state index >= 15 is 0 Å². The first kappa shape index (κ1) is 12.4. The van der Waals surface area contributed by atoms with Crippen LogP contribution < -0.4 is 4.90 Å². The van der Waals surface area contributed by atoms with Gasteiger partial charge in [-0.25, -0.2) is 9.97 Å². The third-order valence-electron chi connectivity index (χ3n) is 1.98. The van der Waals surface area contributed by atoms with E-state index in [9.17, 15) is 0 Å². The summed E-state index contributed by atoms with van der Waals surface area (Å²) in [5.74, 6) is 0.435. The first-order valence-electron chi connectivity index (χ1n) is 4.89. The second-order valence-electron chi connectivity index (χ2n) is 3.06. The molecule has 0 unspecified atom stereocenters. The maximum atomic E-state index is 8.92. The number of rotatable bonds is 6. The molecule has 1 aromatic rings. The molecule has 6 heteroatoms. The fraction of sp³-hybridized carbons (Fsp3) is 0.500. The predicted octanol–water partition coefficient (Wildman–Crippen LogP) is -0.207. The van der Waals surface area contributed by atoms with E-state index in [0.717, 1.165) is 0 Å². The largest absolute Gasteiger partial charge is 0.395 e.